The van der Waals surface area contributed by atoms with Crippen LogP contribution in [0, 0.1) is 18.7 Å². The Labute approximate surface area is 170 Å². The summed E-state index contributed by atoms with van der Waals surface area (Å²) < 4.78 is 14.0. The lowest BCUT2D eigenvalue weighted by atomic mass is 10.1. The molecule has 0 spiro atoms. The van der Waals surface area contributed by atoms with E-state index in [-0.39, 0.29) is 5.82 Å². The average Bonchev–Trinajstić information content (AvgIpc) is 2.67. The summed E-state index contributed by atoms with van der Waals surface area (Å²) in [5, 5.41) is 3.14. The number of amidine groups is 1. The van der Waals surface area contributed by atoms with Gasteiger partial charge in [-0.05, 0) is 45.4 Å². The zero-order chi connectivity index (χ0) is 21.3. The lowest BCUT2D eigenvalue weighted by Gasteiger charge is -2.35. The summed E-state index contributed by atoms with van der Waals surface area (Å²) in [5.41, 5.74) is 2.91. The fraction of sp³-hybridized carbons (Fsp3) is 0.522. The highest BCUT2D eigenvalue weighted by atomic mass is 19.1. The zero-order valence-electron chi connectivity index (χ0n) is 18.6. The molecule has 0 atom stereocenters. The highest BCUT2D eigenvalue weighted by molar-refractivity contribution is 6.06. The quantitative estimate of drug-likeness (QED) is 0.686. The Morgan fingerprint density at radius 3 is 2.46 bits per heavy atom. The number of hydrogen-bond donors (Lipinski definition) is 1. The SMILES string of the molecule is C=C1C(N(CC)CCNC)=Nc2cc(F)c(C)cc2N1/C=C\C.CCC(C)C. The molecule has 0 saturated carbocycles. The largest absolute Gasteiger partial charge is 0.354 e. The Morgan fingerprint density at radius 2 is 1.96 bits per heavy atom. The summed E-state index contributed by atoms with van der Waals surface area (Å²) in [5.74, 6) is 1.43. The molecule has 0 aromatic heterocycles. The van der Waals surface area contributed by atoms with Gasteiger partial charge in [0.1, 0.15) is 5.82 Å². The molecule has 0 amide bonds. The molecule has 1 aromatic carbocycles. The van der Waals surface area contributed by atoms with E-state index >= 15 is 0 Å². The van der Waals surface area contributed by atoms with Gasteiger partial charge in [-0.15, -0.1) is 0 Å². The molecule has 4 nitrogen and oxygen atoms in total. The first kappa shape index (κ1) is 23.9. The number of halogens is 1. The van der Waals surface area contributed by atoms with Crippen LogP contribution in [0.2, 0.25) is 0 Å². The Hall–Kier alpha value is -2.14. The van der Waals surface area contributed by atoms with Crippen LogP contribution in [0.25, 0.3) is 0 Å². The summed E-state index contributed by atoms with van der Waals surface area (Å²) in [4.78, 5) is 8.81. The second-order valence-corrected chi connectivity index (χ2v) is 7.31. The Balaban J connectivity index is 0.000000696. The number of likely N-dealkylation sites (N-methyl/N-ethyl adjacent to an activating group) is 2. The lowest BCUT2D eigenvalue weighted by molar-refractivity contribution is 0.436. The number of nitrogens with zero attached hydrogens (tertiary/aromatic N) is 3. The van der Waals surface area contributed by atoms with Crippen molar-refractivity contribution in [1.82, 2.24) is 10.2 Å². The Bertz CT molecular complexity index is 707. The van der Waals surface area contributed by atoms with Crippen LogP contribution in [-0.2, 0) is 0 Å². The fourth-order valence-corrected chi connectivity index (χ4v) is 2.60. The molecule has 0 saturated heterocycles. The molecule has 5 heteroatoms. The molecule has 1 aromatic rings. The van der Waals surface area contributed by atoms with Crippen LogP contribution >= 0.6 is 0 Å². The minimum absolute atomic E-state index is 0.238. The Morgan fingerprint density at radius 1 is 1.32 bits per heavy atom. The first-order valence-corrected chi connectivity index (χ1v) is 10.2. The van der Waals surface area contributed by atoms with E-state index in [1.807, 2.05) is 37.2 Å². The van der Waals surface area contributed by atoms with Crippen LogP contribution in [0.4, 0.5) is 15.8 Å². The maximum Gasteiger partial charge on any atom is 0.153 e. The van der Waals surface area contributed by atoms with Crippen molar-refractivity contribution in [3.63, 3.8) is 0 Å². The van der Waals surface area contributed by atoms with Crippen LogP contribution in [0.3, 0.4) is 0 Å². The van der Waals surface area contributed by atoms with E-state index in [1.54, 1.807) is 6.92 Å². The number of rotatable bonds is 6. The maximum atomic E-state index is 14.0. The number of hydrogen-bond acceptors (Lipinski definition) is 4. The number of aryl methyl sites for hydroxylation is 1. The van der Waals surface area contributed by atoms with Gasteiger partial charge < -0.3 is 15.1 Å². The van der Waals surface area contributed by atoms with E-state index in [9.17, 15) is 4.39 Å². The van der Waals surface area contributed by atoms with E-state index in [0.717, 1.165) is 42.8 Å². The smallest absolute Gasteiger partial charge is 0.153 e. The average molecular weight is 389 g/mol. The number of nitrogens with one attached hydrogen (secondary N) is 1. The van der Waals surface area contributed by atoms with Crippen LogP contribution in [0.5, 0.6) is 0 Å². The molecule has 1 N–H and O–H groups in total. The highest BCUT2D eigenvalue weighted by Crippen LogP contribution is 2.38. The molecule has 1 heterocycles. The second kappa shape index (κ2) is 11.6. The van der Waals surface area contributed by atoms with Gasteiger partial charge in [0.2, 0.25) is 0 Å². The molecular formula is C23H37FN4. The van der Waals surface area contributed by atoms with Gasteiger partial charge in [-0.25, -0.2) is 9.38 Å². The van der Waals surface area contributed by atoms with Gasteiger partial charge in [0.15, 0.2) is 5.84 Å². The number of aliphatic imine (C=N–C) groups is 1. The van der Waals surface area contributed by atoms with Crippen LogP contribution in [0.1, 0.15) is 46.6 Å². The second-order valence-electron chi connectivity index (χ2n) is 7.31. The zero-order valence-corrected chi connectivity index (χ0v) is 18.6. The molecule has 0 unspecified atom stereocenters. The first-order valence-electron chi connectivity index (χ1n) is 10.2. The molecule has 0 fully saturated rings. The number of fused-ring (bicyclic) bond motifs is 1. The van der Waals surface area contributed by atoms with Crippen molar-refractivity contribution in [2.75, 3.05) is 31.6 Å². The molecule has 0 aliphatic carbocycles. The Kier molecular flexibility index (Phi) is 9.94. The fourth-order valence-electron chi connectivity index (χ4n) is 2.60. The number of benzene rings is 1. The first-order chi connectivity index (χ1) is 13.3. The van der Waals surface area contributed by atoms with Crippen LogP contribution in [0.15, 0.2) is 41.7 Å². The van der Waals surface area contributed by atoms with Crippen molar-refractivity contribution in [1.29, 1.82) is 0 Å². The molecule has 28 heavy (non-hydrogen) atoms. The molecule has 2 rings (SSSR count). The van der Waals surface area contributed by atoms with Crippen molar-refractivity contribution in [2.45, 2.75) is 48.0 Å². The number of allylic oxidation sites excluding steroid dienone is 1. The van der Waals surface area contributed by atoms with Gasteiger partial charge in [-0.3, -0.25) is 0 Å². The summed E-state index contributed by atoms with van der Waals surface area (Å²) in [6.45, 7) is 19.1. The number of anilines is 1. The summed E-state index contributed by atoms with van der Waals surface area (Å²) >= 11 is 0. The monoisotopic (exact) mass is 388 g/mol. The van der Waals surface area contributed by atoms with Gasteiger partial charge in [-0.1, -0.05) is 39.8 Å². The van der Waals surface area contributed by atoms with Crippen LogP contribution in [-0.4, -0.2) is 37.4 Å². The van der Waals surface area contributed by atoms with Gasteiger partial charge >= 0.3 is 0 Å². The van der Waals surface area contributed by atoms with Gasteiger partial charge in [0, 0.05) is 31.9 Å². The molecule has 156 valence electrons. The van der Waals surface area contributed by atoms with Crippen molar-refractivity contribution >= 4 is 17.2 Å². The third kappa shape index (κ3) is 6.20. The molecule has 1 aliphatic rings. The minimum Gasteiger partial charge on any atom is -0.354 e. The molecule has 0 radical (unpaired) electrons. The standard InChI is InChI=1S/C18H25FN4.C5H12/c1-6-9-23-14(4)18(22(7-2)10-8-20-5)21-16-12-15(19)13(3)11-17(16)23;1-4-5(2)3/h6,9,11-12,20H,4,7-8,10H2,1-3,5H3;5H,4H2,1-3H3/b9-6-;. The van der Waals surface area contributed by atoms with E-state index in [4.69, 9.17) is 0 Å². The van der Waals surface area contributed by atoms with Gasteiger partial charge in [0.05, 0.1) is 17.1 Å². The van der Waals surface area contributed by atoms with E-state index < -0.39 is 0 Å². The summed E-state index contributed by atoms with van der Waals surface area (Å²) in [7, 11) is 1.92. The molecular weight excluding hydrogens is 351 g/mol. The predicted molar refractivity (Wildman–Crippen MR) is 121 cm³/mol. The topological polar surface area (TPSA) is 30.9 Å². The van der Waals surface area contributed by atoms with Gasteiger partial charge in [-0.2, -0.15) is 0 Å². The summed E-state index contributed by atoms with van der Waals surface area (Å²) in [6.07, 6.45) is 5.19. The van der Waals surface area contributed by atoms with Crippen molar-refractivity contribution in [3.05, 3.63) is 48.1 Å². The normalized spacial score (nSPS) is 13.4. The third-order valence-corrected chi connectivity index (χ3v) is 4.72. The van der Waals surface area contributed by atoms with E-state index in [2.05, 4.69) is 49.5 Å². The van der Waals surface area contributed by atoms with Crippen LogP contribution < -0.4 is 10.2 Å². The van der Waals surface area contributed by atoms with E-state index in [0.29, 0.717) is 11.3 Å². The van der Waals surface area contributed by atoms with Gasteiger partial charge in [0.25, 0.3) is 0 Å². The lowest BCUT2D eigenvalue weighted by Crippen LogP contribution is -2.41. The van der Waals surface area contributed by atoms with Crippen molar-refractivity contribution < 1.29 is 4.39 Å². The third-order valence-electron chi connectivity index (χ3n) is 4.72. The van der Waals surface area contributed by atoms with E-state index in [1.165, 1.54) is 12.5 Å². The maximum absolute atomic E-state index is 14.0. The minimum atomic E-state index is -0.238. The predicted octanol–water partition coefficient (Wildman–Crippen LogP) is 5.63. The molecule has 0 bridgehead atoms. The van der Waals surface area contributed by atoms with Crippen molar-refractivity contribution in [2.24, 2.45) is 10.9 Å². The molecule has 1 aliphatic heterocycles. The summed E-state index contributed by atoms with van der Waals surface area (Å²) in [6, 6.07) is 3.32. The van der Waals surface area contributed by atoms with Crippen molar-refractivity contribution in [3.8, 4) is 0 Å². The highest BCUT2D eigenvalue weighted by Gasteiger charge is 2.26.